The number of rotatable bonds is 2. The molecule has 3 aliphatic carbocycles. The van der Waals surface area contributed by atoms with Crippen molar-refractivity contribution in [1.82, 2.24) is 0 Å². The minimum atomic E-state index is -0.269. The number of methoxy groups -OCH3 is 1. The molecule has 0 saturated heterocycles. The first kappa shape index (κ1) is 14.9. The first-order valence-electron chi connectivity index (χ1n) is 8.84. The highest BCUT2D eigenvalue weighted by Crippen LogP contribution is 2.67. The quantitative estimate of drug-likeness (QED) is 0.754. The van der Waals surface area contributed by atoms with Crippen molar-refractivity contribution < 1.29 is 13.9 Å². The lowest BCUT2D eigenvalue weighted by atomic mass is 9.75. The second-order valence-electron chi connectivity index (χ2n) is 7.35. The lowest BCUT2D eigenvalue weighted by Crippen LogP contribution is -2.23. The van der Waals surface area contributed by atoms with Crippen LogP contribution in [0.3, 0.4) is 0 Å². The molecule has 2 aromatic rings. The third-order valence-electron chi connectivity index (χ3n) is 6.43. The smallest absolute Gasteiger partial charge is 0.333 e. The molecule has 0 heterocycles. The molecule has 0 amide bonds. The average molecular weight is 334 g/mol. The zero-order valence-electron chi connectivity index (χ0n) is 14.0. The molecule has 5 atom stereocenters. The third-order valence-corrected chi connectivity index (χ3v) is 6.43. The summed E-state index contributed by atoms with van der Waals surface area (Å²) in [5, 5.41) is 0. The van der Waals surface area contributed by atoms with Gasteiger partial charge in [-0.3, -0.25) is 0 Å². The average Bonchev–Trinajstić information content (AvgIpc) is 3.12. The van der Waals surface area contributed by atoms with Crippen LogP contribution in [-0.4, -0.2) is 13.1 Å². The summed E-state index contributed by atoms with van der Waals surface area (Å²) in [4.78, 5) is 12.4. The van der Waals surface area contributed by atoms with Gasteiger partial charge in [0, 0.05) is 17.4 Å². The van der Waals surface area contributed by atoms with E-state index in [1.165, 1.54) is 24.3 Å². The van der Waals surface area contributed by atoms with Gasteiger partial charge in [0.05, 0.1) is 7.11 Å². The summed E-state index contributed by atoms with van der Waals surface area (Å²) < 4.78 is 19.7. The van der Waals surface area contributed by atoms with Crippen LogP contribution in [-0.2, 0) is 9.53 Å². The Hall–Kier alpha value is -2.42. The maximum absolute atomic E-state index is 14.7. The van der Waals surface area contributed by atoms with E-state index in [-0.39, 0.29) is 35.5 Å². The fourth-order valence-corrected chi connectivity index (χ4v) is 5.59. The summed E-state index contributed by atoms with van der Waals surface area (Å²) in [6.07, 6.45) is 3.02. The number of fused-ring (bicyclic) bond motifs is 4. The second kappa shape index (κ2) is 5.29. The van der Waals surface area contributed by atoms with Crippen molar-refractivity contribution in [2.45, 2.75) is 24.2 Å². The van der Waals surface area contributed by atoms with Crippen LogP contribution in [0.4, 0.5) is 4.39 Å². The van der Waals surface area contributed by atoms with Crippen molar-refractivity contribution in [1.29, 1.82) is 0 Å². The van der Waals surface area contributed by atoms with Crippen molar-refractivity contribution in [2.75, 3.05) is 7.11 Å². The molecular formula is C22H19FO2. The van der Waals surface area contributed by atoms with Crippen molar-refractivity contribution in [3.8, 4) is 0 Å². The molecule has 126 valence electrons. The molecule has 0 spiro atoms. The Morgan fingerprint density at radius 2 is 1.68 bits per heavy atom. The molecule has 1 saturated carbocycles. The topological polar surface area (TPSA) is 26.3 Å². The van der Waals surface area contributed by atoms with Crippen molar-refractivity contribution in [3.63, 3.8) is 0 Å². The number of ether oxygens (including phenoxy) is 1. The molecule has 5 rings (SSSR count). The zero-order valence-corrected chi connectivity index (χ0v) is 14.0. The standard InChI is InChI=1S/C22H19FO2/c1-25-22(24)18-10-15-12-6-2-3-7-13(12)20-16(15)11-17(18)21(20)14-8-4-5-9-19(14)23/h2-10,15-17,20-21H,11H2,1H3/t15-,16-,17+,20+,21-/m1/s1. The highest BCUT2D eigenvalue weighted by Gasteiger charge is 2.57. The van der Waals surface area contributed by atoms with Crippen LogP contribution in [0.25, 0.3) is 0 Å². The Bertz CT molecular complexity index is 900. The first-order valence-corrected chi connectivity index (χ1v) is 8.84. The molecule has 0 radical (unpaired) electrons. The molecular weight excluding hydrogens is 315 g/mol. The van der Waals surface area contributed by atoms with Crippen LogP contribution in [0, 0.1) is 17.7 Å². The normalized spacial score (nSPS) is 31.4. The van der Waals surface area contributed by atoms with Crippen molar-refractivity contribution in [3.05, 3.63) is 82.7 Å². The van der Waals surface area contributed by atoms with Gasteiger partial charge in [-0.2, -0.15) is 0 Å². The molecule has 1 fully saturated rings. The summed E-state index contributed by atoms with van der Waals surface area (Å²) in [5.74, 6) is 0.527. The Morgan fingerprint density at radius 3 is 2.40 bits per heavy atom. The van der Waals surface area contributed by atoms with Crippen molar-refractivity contribution in [2.24, 2.45) is 11.8 Å². The summed E-state index contributed by atoms with van der Waals surface area (Å²) >= 11 is 0. The van der Waals surface area contributed by atoms with Gasteiger partial charge < -0.3 is 4.74 Å². The molecule has 2 bridgehead atoms. The van der Waals surface area contributed by atoms with Gasteiger partial charge in [0.15, 0.2) is 0 Å². The van der Waals surface area contributed by atoms with E-state index in [9.17, 15) is 9.18 Å². The Labute approximate surface area is 146 Å². The minimum absolute atomic E-state index is 0.00907. The molecule has 3 heteroatoms. The van der Waals surface area contributed by atoms with Crippen molar-refractivity contribution >= 4 is 5.97 Å². The lowest BCUT2D eigenvalue weighted by Gasteiger charge is -2.29. The maximum Gasteiger partial charge on any atom is 0.333 e. The van der Waals surface area contributed by atoms with Gasteiger partial charge >= 0.3 is 5.97 Å². The zero-order chi connectivity index (χ0) is 17.1. The largest absolute Gasteiger partial charge is 0.466 e. The molecule has 0 aromatic heterocycles. The van der Waals surface area contributed by atoms with Gasteiger partial charge in [0.25, 0.3) is 0 Å². The number of benzene rings is 2. The SMILES string of the molecule is COC(=O)C1=C[C@@H]2c3ccccc3[C@H]3[C@@H]2C[C@@H]1[C@H]3c1ccccc1F. The second-order valence-corrected chi connectivity index (χ2v) is 7.35. The maximum atomic E-state index is 14.7. The van der Waals surface area contributed by atoms with E-state index in [0.717, 1.165) is 17.6 Å². The predicted molar refractivity (Wildman–Crippen MR) is 92.8 cm³/mol. The van der Waals surface area contributed by atoms with Gasteiger partial charge in [0.2, 0.25) is 0 Å². The summed E-state index contributed by atoms with van der Waals surface area (Å²) in [5.41, 5.74) is 4.08. The summed E-state index contributed by atoms with van der Waals surface area (Å²) in [6, 6.07) is 15.5. The van der Waals surface area contributed by atoms with E-state index in [0.29, 0.717) is 5.92 Å². The Kier molecular flexibility index (Phi) is 3.15. The van der Waals surface area contributed by atoms with Crippen LogP contribution >= 0.6 is 0 Å². The molecule has 3 aliphatic rings. The minimum Gasteiger partial charge on any atom is -0.466 e. The lowest BCUT2D eigenvalue weighted by molar-refractivity contribution is -0.136. The van der Waals surface area contributed by atoms with Gasteiger partial charge in [-0.05, 0) is 46.9 Å². The third kappa shape index (κ3) is 1.92. The Balaban J connectivity index is 1.74. The molecule has 0 N–H and O–H groups in total. The number of hydrogen-bond donors (Lipinski definition) is 0. The van der Waals surface area contributed by atoms with Crippen LogP contribution in [0.1, 0.15) is 40.9 Å². The molecule has 2 aromatic carbocycles. The number of carbonyl (C=O) groups is 1. The van der Waals surface area contributed by atoms with Gasteiger partial charge in [-0.25, -0.2) is 9.18 Å². The van der Waals surface area contributed by atoms with Crippen LogP contribution in [0.2, 0.25) is 0 Å². The monoisotopic (exact) mass is 334 g/mol. The van der Waals surface area contributed by atoms with Gasteiger partial charge in [0.1, 0.15) is 5.82 Å². The van der Waals surface area contributed by atoms with Crippen LogP contribution in [0.15, 0.2) is 60.2 Å². The molecule has 0 unspecified atom stereocenters. The first-order chi connectivity index (χ1) is 12.2. The van der Waals surface area contributed by atoms with Gasteiger partial charge in [-0.15, -0.1) is 0 Å². The fraction of sp³-hybridized carbons (Fsp3) is 0.318. The van der Waals surface area contributed by atoms with E-state index >= 15 is 0 Å². The fourth-order valence-electron chi connectivity index (χ4n) is 5.59. The van der Waals surface area contributed by atoms with E-state index in [1.54, 1.807) is 6.07 Å². The van der Waals surface area contributed by atoms with E-state index < -0.39 is 0 Å². The van der Waals surface area contributed by atoms with Gasteiger partial charge in [-0.1, -0.05) is 48.5 Å². The van der Waals surface area contributed by atoms with E-state index in [2.05, 4.69) is 30.3 Å². The van der Waals surface area contributed by atoms with Crippen LogP contribution in [0.5, 0.6) is 0 Å². The summed E-state index contributed by atoms with van der Waals surface area (Å²) in [7, 11) is 1.43. The molecule has 0 aliphatic heterocycles. The summed E-state index contributed by atoms with van der Waals surface area (Å²) in [6.45, 7) is 0. The number of esters is 1. The predicted octanol–water partition coefficient (Wildman–Crippen LogP) is 4.54. The highest BCUT2D eigenvalue weighted by molar-refractivity contribution is 5.90. The van der Waals surface area contributed by atoms with E-state index in [4.69, 9.17) is 4.74 Å². The number of halogens is 1. The highest BCUT2D eigenvalue weighted by atomic mass is 19.1. The number of carbonyl (C=O) groups excluding carboxylic acids is 1. The van der Waals surface area contributed by atoms with Crippen LogP contribution < -0.4 is 0 Å². The molecule has 25 heavy (non-hydrogen) atoms. The molecule has 2 nitrogen and oxygen atoms in total. The Morgan fingerprint density at radius 1 is 1.00 bits per heavy atom. The number of allylic oxidation sites excluding steroid dienone is 1. The van der Waals surface area contributed by atoms with E-state index in [1.807, 2.05) is 12.1 Å². The number of hydrogen-bond acceptors (Lipinski definition) is 2.